The summed E-state index contributed by atoms with van der Waals surface area (Å²) in [5.74, 6) is 1.28. The summed E-state index contributed by atoms with van der Waals surface area (Å²) in [4.78, 5) is 11.6. The predicted octanol–water partition coefficient (Wildman–Crippen LogP) is 2.26. The van der Waals surface area contributed by atoms with E-state index < -0.39 is 0 Å². The Morgan fingerprint density at radius 1 is 1.44 bits per heavy atom. The van der Waals surface area contributed by atoms with Crippen molar-refractivity contribution >= 4 is 6.03 Å². The van der Waals surface area contributed by atoms with Crippen LogP contribution in [0.4, 0.5) is 4.79 Å². The van der Waals surface area contributed by atoms with E-state index >= 15 is 0 Å². The highest BCUT2D eigenvalue weighted by Gasteiger charge is 2.21. The molecule has 2 amide bonds. The van der Waals surface area contributed by atoms with E-state index in [0.29, 0.717) is 12.5 Å². The zero-order valence-electron chi connectivity index (χ0n) is 10.9. The fourth-order valence-corrected chi connectivity index (χ4v) is 2.16. The molecule has 1 heterocycles. The van der Waals surface area contributed by atoms with Crippen LogP contribution in [0.1, 0.15) is 31.7 Å². The zero-order chi connectivity index (χ0) is 13.0. The first-order chi connectivity index (χ1) is 8.66. The first-order valence-corrected chi connectivity index (χ1v) is 6.43. The fraction of sp³-hybridized carbons (Fsp3) is 0.500. The molecule has 2 rings (SSSR count). The second-order valence-corrected chi connectivity index (χ2v) is 4.88. The summed E-state index contributed by atoms with van der Waals surface area (Å²) in [5.41, 5.74) is 1.19. The Balaban J connectivity index is 1.93. The van der Waals surface area contributed by atoms with Gasteiger partial charge in [0.15, 0.2) is 0 Å². The zero-order valence-corrected chi connectivity index (χ0v) is 10.9. The van der Waals surface area contributed by atoms with Crippen molar-refractivity contribution in [1.82, 2.24) is 10.6 Å². The molecule has 0 bridgehead atoms. The van der Waals surface area contributed by atoms with E-state index in [1.807, 2.05) is 32.0 Å². The quantitative estimate of drug-likeness (QED) is 0.862. The highest BCUT2D eigenvalue weighted by molar-refractivity contribution is 5.74. The number of carbonyl (C=O) groups excluding carboxylic acids is 1. The molecule has 0 fully saturated rings. The third-order valence-electron chi connectivity index (χ3n) is 3.01. The number of amides is 2. The number of para-hydroxylation sites is 1. The van der Waals surface area contributed by atoms with Crippen LogP contribution in [0, 0.1) is 0 Å². The van der Waals surface area contributed by atoms with Crippen LogP contribution in [0.3, 0.4) is 0 Å². The lowest BCUT2D eigenvalue weighted by atomic mass is 9.93. The van der Waals surface area contributed by atoms with Crippen LogP contribution in [-0.4, -0.2) is 25.2 Å². The topological polar surface area (TPSA) is 50.4 Å². The average molecular weight is 248 g/mol. The van der Waals surface area contributed by atoms with Crippen LogP contribution < -0.4 is 15.4 Å². The summed E-state index contributed by atoms with van der Waals surface area (Å²) < 4.78 is 5.60. The van der Waals surface area contributed by atoms with Crippen LogP contribution in [0.15, 0.2) is 24.3 Å². The number of carbonyl (C=O) groups is 1. The van der Waals surface area contributed by atoms with Crippen LogP contribution in [0.2, 0.25) is 0 Å². The summed E-state index contributed by atoms with van der Waals surface area (Å²) in [6.45, 7) is 5.26. The minimum Gasteiger partial charge on any atom is -0.493 e. The standard InChI is InChI=1S/C14H20N2O2/c1-10(2)16-14(17)15-9-11-7-8-18-13-6-4-3-5-12(11)13/h3-6,10-11H,7-9H2,1-2H3,(H2,15,16,17). The number of nitrogens with one attached hydrogen (secondary N) is 2. The monoisotopic (exact) mass is 248 g/mol. The van der Waals surface area contributed by atoms with E-state index in [9.17, 15) is 4.79 Å². The highest BCUT2D eigenvalue weighted by atomic mass is 16.5. The SMILES string of the molecule is CC(C)NC(=O)NCC1CCOc2ccccc21. The van der Waals surface area contributed by atoms with Gasteiger partial charge in [0, 0.05) is 18.5 Å². The van der Waals surface area contributed by atoms with E-state index in [-0.39, 0.29) is 12.1 Å². The number of hydrogen-bond donors (Lipinski definition) is 2. The number of urea groups is 1. The van der Waals surface area contributed by atoms with Gasteiger partial charge in [0.25, 0.3) is 0 Å². The van der Waals surface area contributed by atoms with E-state index in [1.165, 1.54) is 5.56 Å². The molecule has 98 valence electrons. The Hall–Kier alpha value is -1.71. The smallest absolute Gasteiger partial charge is 0.315 e. The second-order valence-electron chi connectivity index (χ2n) is 4.88. The molecule has 4 heteroatoms. The number of hydrogen-bond acceptors (Lipinski definition) is 2. The number of fused-ring (bicyclic) bond motifs is 1. The molecule has 0 aromatic heterocycles. The normalized spacial score (nSPS) is 17.8. The van der Waals surface area contributed by atoms with Crippen LogP contribution in [0.25, 0.3) is 0 Å². The van der Waals surface area contributed by atoms with Gasteiger partial charge in [-0.15, -0.1) is 0 Å². The summed E-state index contributed by atoms with van der Waals surface area (Å²) in [7, 11) is 0. The molecule has 0 spiro atoms. The minimum absolute atomic E-state index is 0.103. The van der Waals surface area contributed by atoms with E-state index in [4.69, 9.17) is 4.74 Å². The van der Waals surface area contributed by atoms with Gasteiger partial charge in [0.1, 0.15) is 5.75 Å². The van der Waals surface area contributed by atoms with Gasteiger partial charge in [-0.05, 0) is 31.9 Å². The Labute approximate surface area is 108 Å². The van der Waals surface area contributed by atoms with Gasteiger partial charge in [-0.2, -0.15) is 0 Å². The molecule has 1 aromatic carbocycles. The number of rotatable bonds is 3. The molecule has 1 aliphatic rings. The van der Waals surface area contributed by atoms with E-state index in [1.54, 1.807) is 0 Å². The van der Waals surface area contributed by atoms with Gasteiger partial charge in [0.2, 0.25) is 0 Å². The molecule has 4 nitrogen and oxygen atoms in total. The number of benzene rings is 1. The van der Waals surface area contributed by atoms with Gasteiger partial charge in [0.05, 0.1) is 6.61 Å². The molecular formula is C14H20N2O2. The van der Waals surface area contributed by atoms with Crippen molar-refractivity contribution in [2.45, 2.75) is 32.2 Å². The maximum absolute atomic E-state index is 11.6. The van der Waals surface area contributed by atoms with Gasteiger partial charge >= 0.3 is 6.03 Å². The molecule has 1 unspecified atom stereocenters. The summed E-state index contributed by atoms with van der Waals surface area (Å²) in [6, 6.07) is 8.09. The molecule has 1 aromatic rings. The molecule has 0 aliphatic carbocycles. The Kier molecular flexibility index (Phi) is 4.07. The average Bonchev–Trinajstić information content (AvgIpc) is 2.35. The second kappa shape index (κ2) is 5.76. The van der Waals surface area contributed by atoms with Gasteiger partial charge < -0.3 is 15.4 Å². The van der Waals surface area contributed by atoms with Crippen molar-refractivity contribution in [2.75, 3.05) is 13.2 Å². The first kappa shape index (κ1) is 12.7. The summed E-state index contributed by atoms with van der Waals surface area (Å²) in [6.07, 6.45) is 0.943. The largest absolute Gasteiger partial charge is 0.493 e. The number of ether oxygens (including phenoxy) is 1. The Morgan fingerprint density at radius 2 is 2.22 bits per heavy atom. The van der Waals surface area contributed by atoms with Crippen LogP contribution in [-0.2, 0) is 0 Å². The van der Waals surface area contributed by atoms with Gasteiger partial charge in [-0.3, -0.25) is 0 Å². The lowest BCUT2D eigenvalue weighted by Gasteiger charge is -2.26. The molecular weight excluding hydrogens is 228 g/mol. The lowest BCUT2D eigenvalue weighted by Crippen LogP contribution is -2.41. The predicted molar refractivity (Wildman–Crippen MR) is 71.0 cm³/mol. The van der Waals surface area contributed by atoms with Crippen LogP contribution in [0.5, 0.6) is 5.75 Å². The van der Waals surface area contributed by atoms with Gasteiger partial charge in [-0.1, -0.05) is 18.2 Å². The third kappa shape index (κ3) is 3.15. The van der Waals surface area contributed by atoms with E-state index in [0.717, 1.165) is 18.8 Å². The maximum atomic E-state index is 11.6. The highest BCUT2D eigenvalue weighted by Crippen LogP contribution is 2.32. The molecule has 1 atom stereocenters. The summed E-state index contributed by atoms with van der Waals surface area (Å²) in [5, 5.41) is 5.74. The van der Waals surface area contributed by atoms with Crippen molar-refractivity contribution in [3.8, 4) is 5.75 Å². The van der Waals surface area contributed by atoms with Crippen molar-refractivity contribution in [1.29, 1.82) is 0 Å². The minimum atomic E-state index is -0.103. The molecule has 1 aliphatic heterocycles. The third-order valence-corrected chi connectivity index (χ3v) is 3.01. The van der Waals surface area contributed by atoms with Crippen LogP contribution >= 0.6 is 0 Å². The van der Waals surface area contributed by atoms with Crippen molar-refractivity contribution in [3.05, 3.63) is 29.8 Å². The first-order valence-electron chi connectivity index (χ1n) is 6.43. The lowest BCUT2D eigenvalue weighted by molar-refractivity contribution is 0.233. The molecule has 2 N–H and O–H groups in total. The molecule has 0 radical (unpaired) electrons. The molecule has 0 saturated carbocycles. The maximum Gasteiger partial charge on any atom is 0.315 e. The van der Waals surface area contributed by atoms with Gasteiger partial charge in [-0.25, -0.2) is 4.79 Å². The fourth-order valence-electron chi connectivity index (χ4n) is 2.16. The van der Waals surface area contributed by atoms with Crippen molar-refractivity contribution < 1.29 is 9.53 Å². The van der Waals surface area contributed by atoms with E-state index in [2.05, 4.69) is 16.7 Å². The Bertz CT molecular complexity index is 418. The molecule has 18 heavy (non-hydrogen) atoms. The van der Waals surface area contributed by atoms with Crippen molar-refractivity contribution in [2.24, 2.45) is 0 Å². The molecule has 0 saturated heterocycles. The Morgan fingerprint density at radius 3 is 3.00 bits per heavy atom. The summed E-state index contributed by atoms with van der Waals surface area (Å²) >= 11 is 0. The van der Waals surface area contributed by atoms with Crippen molar-refractivity contribution in [3.63, 3.8) is 0 Å².